The van der Waals surface area contributed by atoms with Crippen LogP contribution in [0.3, 0.4) is 0 Å². The molecule has 11 nitrogen and oxygen atoms in total. The molecule has 0 radical (unpaired) electrons. The fourth-order valence-electron chi connectivity index (χ4n) is 5.97. The van der Waals surface area contributed by atoms with Crippen molar-refractivity contribution in [1.29, 1.82) is 0 Å². The fraction of sp³-hybridized carbons (Fsp3) is 0.312. The van der Waals surface area contributed by atoms with E-state index < -0.39 is 12.2 Å². The number of nitrogens with one attached hydrogen (secondary N) is 1. The maximum atomic E-state index is 14.2. The number of para-hydroxylation sites is 1. The van der Waals surface area contributed by atoms with Gasteiger partial charge in [-0.05, 0) is 41.3 Å². The van der Waals surface area contributed by atoms with Crippen LogP contribution in [0, 0.1) is 0 Å². The third-order valence-electron chi connectivity index (χ3n) is 8.04. The number of carbonyl (C=O) groups excluding carboxylic acids is 3. The van der Waals surface area contributed by atoms with Crippen LogP contribution in [0.1, 0.15) is 36.1 Å². The number of aromatic nitrogens is 1. The Morgan fingerprint density at radius 2 is 1.86 bits per heavy atom. The number of nitrogen functional groups attached to an aromatic ring is 1. The first-order chi connectivity index (χ1) is 21.4. The predicted molar refractivity (Wildman–Crippen MR) is 168 cm³/mol. The number of nitrogens with zero attached hydrogens (tertiary/aromatic N) is 5. The molecule has 3 aromatic carbocycles. The third-order valence-corrected chi connectivity index (χ3v) is 8.89. The molecule has 0 aliphatic carbocycles. The number of hydrogen-bond acceptors (Lipinski definition) is 8. The maximum Gasteiger partial charge on any atom is 0.332 e. The molecule has 3 heterocycles. The van der Waals surface area contributed by atoms with Gasteiger partial charge >= 0.3 is 6.03 Å². The van der Waals surface area contributed by atoms with Crippen LogP contribution >= 0.6 is 11.3 Å². The number of urea groups is 1. The van der Waals surface area contributed by atoms with Gasteiger partial charge in [-0.1, -0.05) is 72.9 Å². The Morgan fingerprint density at radius 1 is 1.09 bits per heavy atom. The summed E-state index contributed by atoms with van der Waals surface area (Å²) >= 11 is 1.40. The Bertz CT molecular complexity index is 1660. The van der Waals surface area contributed by atoms with Crippen LogP contribution in [-0.2, 0) is 22.7 Å². The first-order valence-electron chi connectivity index (χ1n) is 14.6. The minimum absolute atomic E-state index is 0.0106. The standard InChI is InChI=1S/C32H35N7O4S/c1-3-16-37(32(42)34-17-21-12-14-24(43-2)15-13-21)38-20-27(40)39-26(38)19-36(30(41)29(39)22-8-5-4-6-9-22)18-23-10-7-11-25-28(23)35-31(33)44-25/h4-15,26,29H,3,16-20H2,1-2H3,(H2,33,35)(H,34,42)/t26-,29+/m1/s1. The number of anilines is 1. The monoisotopic (exact) mass is 613 g/mol. The molecule has 12 heteroatoms. The summed E-state index contributed by atoms with van der Waals surface area (Å²) in [5, 5.41) is 6.90. The minimum atomic E-state index is -0.821. The van der Waals surface area contributed by atoms with E-state index in [1.165, 1.54) is 11.3 Å². The lowest BCUT2D eigenvalue weighted by Crippen LogP contribution is -2.62. The summed E-state index contributed by atoms with van der Waals surface area (Å²) in [6, 6.07) is 21.6. The van der Waals surface area contributed by atoms with E-state index in [1.807, 2.05) is 84.7 Å². The summed E-state index contributed by atoms with van der Waals surface area (Å²) < 4.78 is 6.18. The lowest BCUT2D eigenvalue weighted by Gasteiger charge is -2.46. The van der Waals surface area contributed by atoms with Crippen molar-refractivity contribution in [2.45, 2.75) is 38.6 Å². The van der Waals surface area contributed by atoms with Gasteiger partial charge in [-0.2, -0.15) is 5.01 Å². The number of fused-ring (bicyclic) bond motifs is 2. The second-order valence-electron chi connectivity index (χ2n) is 10.9. The molecule has 2 fully saturated rings. The average molecular weight is 614 g/mol. The second-order valence-corrected chi connectivity index (χ2v) is 11.9. The Hall–Kier alpha value is -4.68. The fourth-order valence-corrected chi connectivity index (χ4v) is 6.75. The number of amides is 4. The van der Waals surface area contributed by atoms with Crippen molar-refractivity contribution >= 4 is 44.5 Å². The van der Waals surface area contributed by atoms with Gasteiger partial charge < -0.3 is 25.6 Å². The first kappa shape index (κ1) is 29.4. The van der Waals surface area contributed by atoms with E-state index in [1.54, 1.807) is 21.9 Å². The molecule has 0 saturated carbocycles. The molecule has 4 amide bonds. The van der Waals surface area contributed by atoms with Crippen LogP contribution in [-0.4, -0.2) is 75.6 Å². The number of ether oxygens (including phenoxy) is 1. The van der Waals surface area contributed by atoms with Crippen molar-refractivity contribution in [3.63, 3.8) is 0 Å². The van der Waals surface area contributed by atoms with Crippen molar-refractivity contribution in [1.82, 2.24) is 30.1 Å². The molecule has 1 aromatic heterocycles. The van der Waals surface area contributed by atoms with Crippen LogP contribution < -0.4 is 15.8 Å². The number of thiazole rings is 1. The molecular formula is C32H35N7O4S. The van der Waals surface area contributed by atoms with Gasteiger partial charge in [-0.15, -0.1) is 0 Å². The van der Waals surface area contributed by atoms with Crippen LogP contribution in [0.4, 0.5) is 9.93 Å². The van der Waals surface area contributed by atoms with E-state index in [4.69, 9.17) is 10.5 Å². The number of piperazine rings is 1. The van der Waals surface area contributed by atoms with E-state index in [0.29, 0.717) is 31.2 Å². The van der Waals surface area contributed by atoms with Crippen LogP contribution in [0.15, 0.2) is 72.8 Å². The Balaban J connectivity index is 1.30. The first-order valence-corrected chi connectivity index (χ1v) is 15.4. The number of hydrogen-bond donors (Lipinski definition) is 2. The van der Waals surface area contributed by atoms with Gasteiger partial charge in [0.2, 0.25) is 5.91 Å². The molecule has 3 N–H and O–H groups in total. The highest BCUT2D eigenvalue weighted by molar-refractivity contribution is 7.22. The van der Waals surface area contributed by atoms with Crippen molar-refractivity contribution in [3.05, 3.63) is 89.5 Å². The summed E-state index contributed by atoms with van der Waals surface area (Å²) in [4.78, 5) is 49.4. The van der Waals surface area contributed by atoms with E-state index in [9.17, 15) is 14.4 Å². The normalized spacial score (nSPS) is 18.5. The number of rotatable bonds is 9. The quantitative estimate of drug-likeness (QED) is 0.293. The van der Waals surface area contributed by atoms with E-state index in [2.05, 4.69) is 10.3 Å². The molecular weight excluding hydrogens is 578 g/mol. The van der Waals surface area contributed by atoms with Crippen LogP contribution in [0.2, 0.25) is 0 Å². The molecule has 0 unspecified atom stereocenters. The van der Waals surface area contributed by atoms with Gasteiger partial charge in [0.05, 0.1) is 30.4 Å². The maximum absolute atomic E-state index is 14.2. The molecule has 2 aliphatic rings. The minimum Gasteiger partial charge on any atom is -0.497 e. The molecule has 228 valence electrons. The number of methoxy groups -OCH3 is 1. The zero-order chi connectivity index (χ0) is 30.8. The highest BCUT2D eigenvalue weighted by Gasteiger charge is 2.52. The zero-order valence-electron chi connectivity index (χ0n) is 24.7. The largest absolute Gasteiger partial charge is 0.497 e. The lowest BCUT2D eigenvalue weighted by molar-refractivity contribution is -0.158. The predicted octanol–water partition coefficient (Wildman–Crippen LogP) is 3.98. The number of benzene rings is 3. The van der Waals surface area contributed by atoms with Gasteiger partial charge in [-0.3, -0.25) is 14.6 Å². The van der Waals surface area contributed by atoms with Gasteiger partial charge in [0.15, 0.2) is 5.13 Å². The van der Waals surface area contributed by atoms with E-state index >= 15 is 0 Å². The molecule has 2 saturated heterocycles. The van der Waals surface area contributed by atoms with Crippen LogP contribution in [0.5, 0.6) is 5.75 Å². The molecule has 6 rings (SSSR count). The Kier molecular flexibility index (Phi) is 8.36. The number of carbonyl (C=O) groups is 3. The summed E-state index contributed by atoms with van der Waals surface area (Å²) in [7, 11) is 1.61. The van der Waals surface area contributed by atoms with Crippen LogP contribution in [0.25, 0.3) is 10.2 Å². The molecule has 0 bridgehead atoms. The molecule has 44 heavy (non-hydrogen) atoms. The lowest BCUT2D eigenvalue weighted by atomic mass is 10.00. The molecule has 0 spiro atoms. The highest BCUT2D eigenvalue weighted by Crippen LogP contribution is 2.37. The second kappa shape index (κ2) is 12.5. The Morgan fingerprint density at radius 3 is 2.59 bits per heavy atom. The van der Waals surface area contributed by atoms with E-state index in [0.717, 1.165) is 32.7 Å². The Labute approximate surface area is 259 Å². The smallest absolute Gasteiger partial charge is 0.332 e. The SMILES string of the molecule is CCCN(C(=O)NCc1ccc(OC)cc1)N1CC(=O)N2[C@@H](c3ccccc3)C(=O)N(Cc3cccc4sc(N)nc34)C[C@@H]21. The summed E-state index contributed by atoms with van der Waals surface area (Å²) in [5.74, 6) is 0.367. The van der Waals surface area contributed by atoms with Crippen molar-refractivity contribution in [3.8, 4) is 5.75 Å². The van der Waals surface area contributed by atoms with E-state index in [-0.39, 0.29) is 30.9 Å². The van der Waals surface area contributed by atoms with Crippen molar-refractivity contribution in [2.24, 2.45) is 0 Å². The van der Waals surface area contributed by atoms with Gasteiger partial charge in [-0.25, -0.2) is 9.78 Å². The van der Waals surface area contributed by atoms with Gasteiger partial charge in [0, 0.05) is 19.6 Å². The molecule has 4 aromatic rings. The average Bonchev–Trinajstić information content (AvgIpc) is 3.58. The number of hydrazine groups is 1. The van der Waals surface area contributed by atoms with Crippen molar-refractivity contribution < 1.29 is 19.1 Å². The van der Waals surface area contributed by atoms with Gasteiger partial charge in [0.1, 0.15) is 18.0 Å². The summed E-state index contributed by atoms with van der Waals surface area (Å²) in [5.41, 5.74) is 9.31. The molecule has 2 aliphatic heterocycles. The molecule has 2 atom stereocenters. The summed E-state index contributed by atoms with van der Waals surface area (Å²) in [6.45, 7) is 3.24. The highest BCUT2D eigenvalue weighted by atomic mass is 32.1. The topological polar surface area (TPSA) is 124 Å². The van der Waals surface area contributed by atoms with Gasteiger partial charge in [0.25, 0.3) is 5.91 Å². The summed E-state index contributed by atoms with van der Waals surface area (Å²) in [6.07, 6.45) is 0.147. The zero-order valence-corrected chi connectivity index (χ0v) is 25.5. The number of nitrogens with two attached hydrogens (primary N) is 1. The third kappa shape index (κ3) is 5.65. The van der Waals surface area contributed by atoms with Crippen molar-refractivity contribution in [2.75, 3.05) is 32.5 Å².